The summed E-state index contributed by atoms with van der Waals surface area (Å²) in [4.78, 5) is 2.34. The van der Waals surface area contributed by atoms with Crippen molar-refractivity contribution in [1.29, 1.82) is 0 Å². The van der Waals surface area contributed by atoms with Crippen molar-refractivity contribution in [2.45, 2.75) is 25.4 Å². The summed E-state index contributed by atoms with van der Waals surface area (Å²) < 4.78 is 1.89. The van der Waals surface area contributed by atoms with Crippen LogP contribution in [0, 0.1) is 0 Å². The van der Waals surface area contributed by atoms with Crippen LogP contribution in [0.2, 0.25) is 0 Å². The summed E-state index contributed by atoms with van der Waals surface area (Å²) in [6.45, 7) is 4.65. The van der Waals surface area contributed by atoms with Crippen molar-refractivity contribution < 1.29 is 5.11 Å². The number of hydrogen-bond donors (Lipinski definition) is 2. The zero-order chi connectivity index (χ0) is 12.8. The number of aliphatic hydroxyl groups excluding tert-OH is 1. The van der Waals surface area contributed by atoms with E-state index in [0.717, 1.165) is 32.6 Å². The Balaban J connectivity index is 1.56. The van der Waals surface area contributed by atoms with Gasteiger partial charge in [0.25, 0.3) is 0 Å². The minimum Gasteiger partial charge on any atom is -0.390 e. The molecule has 0 spiro atoms. The summed E-state index contributed by atoms with van der Waals surface area (Å²) in [5.41, 5.74) is 1.22. The summed E-state index contributed by atoms with van der Waals surface area (Å²) >= 11 is 0. The van der Waals surface area contributed by atoms with E-state index in [1.165, 1.54) is 18.5 Å². The molecule has 102 valence electrons. The van der Waals surface area contributed by atoms with E-state index in [1.54, 1.807) is 0 Å². The number of aromatic nitrogens is 2. The molecule has 1 aromatic rings. The third-order valence-electron chi connectivity index (χ3n) is 3.53. The lowest BCUT2D eigenvalue weighted by molar-refractivity contribution is 0.124. The van der Waals surface area contributed by atoms with E-state index in [2.05, 4.69) is 15.3 Å². The van der Waals surface area contributed by atoms with Crippen LogP contribution in [0.4, 0.5) is 0 Å². The standard InChI is InChI=1S/C13H24N4O/c1-16-12(5-7-15-16)4-6-14-10-13(18)11-17-8-2-3-9-17/h5,7,13-14,18H,2-4,6,8-11H2,1H3. The zero-order valence-corrected chi connectivity index (χ0v) is 11.2. The molecule has 1 aliphatic heterocycles. The fourth-order valence-corrected chi connectivity index (χ4v) is 2.46. The van der Waals surface area contributed by atoms with E-state index < -0.39 is 0 Å². The van der Waals surface area contributed by atoms with Gasteiger partial charge in [0.1, 0.15) is 0 Å². The van der Waals surface area contributed by atoms with Gasteiger partial charge in [0.05, 0.1) is 6.10 Å². The van der Waals surface area contributed by atoms with Crippen LogP contribution in [-0.4, -0.2) is 58.6 Å². The lowest BCUT2D eigenvalue weighted by Crippen LogP contribution is -2.37. The first-order valence-electron chi connectivity index (χ1n) is 6.84. The fraction of sp³-hybridized carbons (Fsp3) is 0.769. The van der Waals surface area contributed by atoms with Crippen LogP contribution in [0.1, 0.15) is 18.5 Å². The van der Waals surface area contributed by atoms with Crippen molar-refractivity contribution in [2.24, 2.45) is 7.05 Å². The van der Waals surface area contributed by atoms with Gasteiger partial charge >= 0.3 is 0 Å². The van der Waals surface area contributed by atoms with E-state index >= 15 is 0 Å². The molecule has 5 heteroatoms. The smallest absolute Gasteiger partial charge is 0.0791 e. The van der Waals surface area contributed by atoms with Gasteiger partial charge in [0.15, 0.2) is 0 Å². The SMILES string of the molecule is Cn1nccc1CCNCC(O)CN1CCCC1. The first-order chi connectivity index (χ1) is 8.75. The second-order valence-corrected chi connectivity index (χ2v) is 5.06. The van der Waals surface area contributed by atoms with Gasteiger partial charge < -0.3 is 15.3 Å². The summed E-state index contributed by atoms with van der Waals surface area (Å²) in [6, 6.07) is 2.03. The molecule has 2 N–H and O–H groups in total. The molecule has 1 aliphatic rings. The maximum atomic E-state index is 9.90. The molecule has 0 amide bonds. The number of aryl methyl sites for hydroxylation is 1. The lowest BCUT2D eigenvalue weighted by Gasteiger charge is -2.19. The van der Waals surface area contributed by atoms with Gasteiger partial charge in [-0.05, 0) is 32.0 Å². The number of nitrogens with one attached hydrogen (secondary N) is 1. The molecule has 1 aromatic heterocycles. The third-order valence-corrected chi connectivity index (χ3v) is 3.53. The van der Waals surface area contributed by atoms with Gasteiger partial charge in [0, 0.05) is 45.0 Å². The Labute approximate surface area is 109 Å². The van der Waals surface area contributed by atoms with E-state index in [4.69, 9.17) is 0 Å². The second kappa shape index (κ2) is 6.87. The Morgan fingerprint density at radius 2 is 2.22 bits per heavy atom. The van der Waals surface area contributed by atoms with Crippen molar-refractivity contribution in [3.05, 3.63) is 18.0 Å². The highest BCUT2D eigenvalue weighted by Crippen LogP contribution is 2.07. The van der Waals surface area contributed by atoms with Gasteiger partial charge in [-0.2, -0.15) is 5.10 Å². The highest BCUT2D eigenvalue weighted by Gasteiger charge is 2.15. The number of aliphatic hydroxyl groups is 1. The minimum atomic E-state index is -0.255. The van der Waals surface area contributed by atoms with Crippen LogP contribution in [0.15, 0.2) is 12.3 Å². The Kier molecular flexibility index (Phi) is 5.16. The molecule has 5 nitrogen and oxygen atoms in total. The largest absolute Gasteiger partial charge is 0.390 e. The van der Waals surface area contributed by atoms with Gasteiger partial charge in [-0.1, -0.05) is 0 Å². The van der Waals surface area contributed by atoms with E-state index in [9.17, 15) is 5.11 Å². The average Bonchev–Trinajstić information content (AvgIpc) is 2.97. The molecule has 1 fully saturated rings. The van der Waals surface area contributed by atoms with Crippen molar-refractivity contribution in [3.8, 4) is 0 Å². The quantitative estimate of drug-likeness (QED) is 0.671. The Morgan fingerprint density at radius 1 is 1.44 bits per heavy atom. The number of hydrogen-bond acceptors (Lipinski definition) is 4. The summed E-state index contributed by atoms with van der Waals surface area (Å²) in [5.74, 6) is 0. The molecule has 0 aromatic carbocycles. The van der Waals surface area contributed by atoms with Crippen molar-refractivity contribution in [3.63, 3.8) is 0 Å². The molecule has 1 unspecified atom stereocenters. The van der Waals surface area contributed by atoms with Gasteiger partial charge in [0.2, 0.25) is 0 Å². The predicted molar refractivity (Wildman–Crippen MR) is 71.5 cm³/mol. The molecule has 0 radical (unpaired) electrons. The normalized spacial score (nSPS) is 18.3. The van der Waals surface area contributed by atoms with E-state index in [-0.39, 0.29) is 6.10 Å². The highest BCUT2D eigenvalue weighted by molar-refractivity contribution is 5.00. The van der Waals surface area contributed by atoms with Crippen LogP contribution in [0.25, 0.3) is 0 Å². The monoisotopic (exact) mass is 252 g/mol. The molecule has 2 rings (SSSR count). The molecule has 1 saturated heterocycles. The van der Waals surface area contributed by atoms with Crippen LogP contribution in [0.3, 0.4) is 0 Å². The minimum absolute atomic E-state index is 0.255. The van der Waals surface area contributed by atoms with Crippen LogP contribution < -0.4 is 5.32 Å². The lowest BCUT2D eigenvalue weighted by atomic mass is 10.3. The Morgan fingerprint density at radius 3 is 2.89 bits per heavy atom. The molecule has 2 heterocycles. The molecule has 0 saturated carbocycles. The van der Waals surface area contributed by atoms with Crippen LogP contribution in [-0.2, 0) is 13.5 Å². The maximum Gasteiger partial charge on any atom is 0.0791 e. The molecule has 18 heavy (non-hydrogen) atoms. The summed E-state index contributed by atoms with van der Waals surface area (Å²) in [5, 5.41) is 17.3. The van der Waals surface area contributed by atoms with E-state index in [1.807, 2.05) is 24.0 Å². The number of nitrogens with zero attached hydrogens (tertiary/aromatic N) is 3. The van der Waals surface area contributed by atoms with E-state index in [0.29, 0.717) is 6.54 Å². The first-order valence-corrected chi connectivity index (χ1v) is 6.84. The first kappa shape index (κ1) is 13.5. The highest BCUT2D eigenvalue weighted by atomic mass is 16.3. The topological polar surface area (TPSA) is 53.3 Å². The molecular weight excluding hydrogens is 228 g/mol. The van der Waals surface area contributed by atoms with Crippen molar-refractivity contribution in [1.82, 2.24) is 20.0 Å². The van der Waals surface area contributed by atoms with Crippen molar-refractivity contribution >= 4 is 0 Å². The Bertz CT molecular complexity index is 347. The molecule has 1 atom stereocenters. The molecule has 0 aliphatic carbocycles. The summed E-state index contributed by atoms with van der Waals surface area (Å²) in [7, 11) is 1.96. The third kappa shape index (κ3) is 4.08. The van der Waals surface area contributed by atoms with Crippen LogP contribution >= 0.6 is 0 Å². The second-order valence-electron chi connectivity index (χ2n) is 5.06. The van der Waals surface area contributed by atoms with Gasteiger partial charge in [-0.15, -0.1) is 0 Å². The maximum absolute atomic E-state index is 9.90. The molecule has 0 bridgehead atoms. The van der Waals surface area contributed by atoms with Gasteiger partial charge in [-0.3, -0.25) is 4.68 Å². The van der Waals surface area contributed by atoms with Crippen molar-refractivity contribution in [2.75, 3.05) is 32.7 Å². The predicted octanol–water partition coefficient (Wildman–Crippen LogP) is 0.00890. The fourth-order valence-electron chi connectivity index (χ4n) is 2.46. The summed E-state index contributed by atoms with van der Waals surface area (Å²) in [6.07, 6.45) is 5.07. The number of likely N-dealkylation sites (tertiary alicyclic amines) is 1. The average molecular weight is 252 g/mol. The van der Waals surface area contributed by atoms with Crippen LogP contribution in [0.5, 0.6) is 0 Å². The number of β-amino-alcohol motifs (C(OH)–C–C–N with tert-alkyl or cyclic N) is 1. The van der Waals surface area contributed by atoms with Gasteiger partial charge in [-0.25, -0.2) is 0 Å². The Hall–Kier alpha value is -0.910. The zero-order valence-electron chi connectivity index (χ0n) is 11.2. The number of rotatable bonds is 7. The molecular formula is C13H24N4O.